The Bertz CT molecular complexity index is 186. The first kappa shape index (κ1) is 11.2. The zero-order valence-electron chi connectivity index (χ0n) is 9.10. The Morgan fingerprint density at radius 2 is 1.92 bits per heavy atom. The van der Waals surface area contributed by atoms with Crippen molar-refractivity contribution in [3.63, 3.8) is 0 Å². The molecular formula is C10H21NSSi. The molecule has 1 nitrogen and oxygen atoms in total. The fourth-order valence-electron chi connectivity index (χ4n) is 1.78. The van der Waals surface area contributed by atoms with Gasteiger partial charge in [0, 0.05) is 12.7 Å². The van der Waals surface area contributed by atoms with E-state index in [0.29, 0.717) is 0 Å². The standard InChI is InChI=1S/C10H21NSSi/c1-13(2,3)9-11-8-6-4-5-7-10(11)12/h4-9H2,1-3H3. The van der Waals surface area contributed by atoms with Crippen LogP contribution in [0.2, 0.25) is 19.6 Å². The molecule has 0 aliphatic carbocycles. The van der Waals surface area contributed by atoms with Gasteiger partial charge in [-0.1, -0.05) is 38.3 Å². The molecule has 0 N–H and O–H groups in total. The minimum atomic E-state index is -0.970. The van der Waals surface area contributed by atoms with Crippen molar-refractivity contribution in [1.29, 1.82) is 0 Å². The normalized spacial score (nSPS) is 20.2. The lowest BCUT2D eigenvalue weighted by Gasteiger charge is -2.29. The van der Waals surface area contributed by atoms with Gasteiger partial charge in [-0.15, -0.1) is 0 Å². The van der Waals surface area contributed by atoms with Crippen molar-refractivity contribution in [2.45, 2.75) is 45.3 Å². The second kappa shape index (κ2) is 4.56. The average Bonchev–Trinajstić information content (AvgIpc) is 2.14. The van der Waals surface area contributed by atoms with Gasteiger partial charge in [-0.25, -0.2) is 0 Å². The highest BCUT2D eigenvalue weighted by atomic mass is 32.1. The predicted molar refractivity (Wildman–Crippen MR) is 66.0 cm³/mol. The highest BCUT2D eigenvalue weighted by Crippen LogP contribution is 2.15. The van der Waals surface area contributed by atoms with Crippen LogP contribution in [-0.2, 0) is 0 Å². The van der Waals surface area contributed by atoms with E-state index in [1.807, 2.05) is 0 Å². The number of hydrogen-bond donors (Lipinski definition) is 0. The highest BCUT2D eigenvalue weighted by molar-refractivity contribution is 7.80. The van der Waals surface area contributed by atoms with E-state index in [-0.39, 0.29) is 0 Å². The molecule has 0 aromatic rings. The van der Waals surface area contributed by atoms with Gasteiger partial charge >= 0.3 is 0 Å². The molecule has 0 spiro atoms. The summed E-state index contributed by atoms with van der Waals surface area (Å²) < 4.78 is 0. The minimum Gasteiger partial charge on any atom is -0.369 e. The maximum atomic E-state index is 5.43. The number of likely N-dealkylation sites (tertiary alicyclic amines) is 1. The Morgan fingerprint density at radius 1 is 1.23 bits per heavy atom. The molecule has 1 aliphatic heterocycles. The summed E-state index contributed by atoms with van der Waals surface area (Å²) in [7, 11) is -0.970. The topological polar surface area (TPSA) is 3.24 Å². The molecule has 13 heavy (non-hydrogen) atoms. The summed E-state index contributed by atoms with van der Waals surface area (Å²) in [6, 6.07) is 0. The molecule has 1 heterocycles. The average molecular weight is 215 g/mol. The predicted octanol–water partition coefficient (Wildman–Crippen LogP) is 3.07. The first-order valence-corrected chi connectivity index (χ1v) is 9.38. The highest BCUT2D eigenvalue weighted by Gasteiger charge is 2.21. The zero-order valence-corrected chi connectivity index (χ0v) is 10.9. The third-order valence-corrected chi connectivity index (χ3v) is 4.13. The van der Waals surface area contributed by atoms with Crippen LogP contribution in [0.25, 0.3) is 0 Å². The zero-order chi connectivity index (χ0) is 9.90. The second-order valence-corrected chi connectivity index (χ2v) is 11.1. The van der Waals surface area contributed by atoms with Gasteiger partial charge in [-0.05, 0) is 19.3 Å². The van der Waals surface area contributed by atoms with E-state index >= 15 is 0 Å². The Balaban J connectivity index is 2.50. The first-order chi connectivity index (χ1) is 5.99. The van der Waals surface area contributed by atoms with E-state index < -0.39 is 8.07 Å². The van der Waals surface area contributed by atoms with Gasteiger partial charge in [0.05, 0.1) is 13.1 Å². The number of nitrogens with zero attached hydrogens (tertiary/aromatic N) is 1. The van der Waals surface area contributed by atoms with Crippen LogP contribution in [0.1, 0.15) is 25.7 Å². The van der Waals surface area contributed by atoms with Gasteiger partial charge in [0.15, 0.2) is 0 Å². The Morgan fingerprint density at radius 3 is 2.54 bits per heavy atom. The lowest BCUT2D eigenvalue weighted by atomic mass is 10.2. The third-order valence-electron chi connectivity index (χ3n) is 2.34. The fourth-order valence-corrected chi connectivity index (χ4v) is 3.69. The van der Waals surface area contributed by atoms with E-state index in [4.69, 9.17) is 12.2 Å². The van der Waals surface area contributed by atoms with Gasteiger partial charge in [0.25, 0.3) is 0 Å². The third kappa shape index (κ3) is 4.23. The molecule has 0 aromatic heterocycles. The SMILES string of the molecule is C[Si](C)(C)CN1CCCCCC1=S. The van der Waals surface area contributed by atoms with Gasteiger partial charge in [-0.2, -0.15) is 0 Å². The summed E-state index contributed by atoms with van der Waals surface area (Å²) in [6.07, 6.45) is 6.42. The van der Waals surface area contributed by atoms with Crippen LogP contribution in [0.15, 0.2) is 0 Å². The summed E-state index contributed by atoms with van der Waals surface area (Å²) in [5, 5.41) is 0. The van der Waals surface area contributed by atoms with Crippen molar-refractivity contribution in [1.82, 2.24) is 4.90 Å². The van der Waals surface area contributed by atoms with Gasteiger partial charge < -0.3 is 4.90 Å². The molecular weight excluding hydrogens is 194 g/mol. The molecule has 0 amide bonds. The molecule has 3 heteroatoms. The van der Waals surface area contributed by atoms with Crippen LogP contribution in [0.3, 0.4) is 0 Å². The number of hydrogen-bond acceptors (Lipinski definition) is 1. The molecule has 1 rings (SSSR count). The molecule has 0 bridgehead atoms. The second-order valence-electron chi connectivity index (χ2n) is 5.19. The molecule has 1 aliphatic rings. The molecule has 0 aromatic carbocycles. The van der Waals surface area contributed by atoms with Crippen molar-refractivity contribution < 1.29 is 0 Å². The molecule has 1 saturated heterocycles. The summed E-state index contributed by atoms with van der Waals surface area (Å²) in [4.78, 5) is 3.69. The molecule has 0 saturated carbocycles. The van der Waals surface area contributed by atoms with Gasteiger partial charge in [0.2, 0.25) is 0 Å². The molecule has 76 valence electrons. The molecule has 0 unspecified atom stereocenters. The molecule has 1 fully saturated rings. The maximum absolute atomic E-state index is 5.43. The summed E-state index contributed by atoms with van der Waals surface area (Å²) in [5.74, 6) is 0. The smallest absolute Gasteiger partial charge is 0.0776 e. The van der Waals surface area contributed by atoms with E-state index in [1.165, 1.54) is 37.0 Å². The number of rotatable bonds is 2. The summed E-state index contributed by atoms with van der Waals surface area (Å²) in [6.45, 7) is 8.46. The van der Waals surface area contributed by atoms with Crippen molar-refractivity contribution >= 4 is 25.3 Å². The van der Waals surface area contributed by atoms with Crippen LogP contribution < -0.4 is 0 Å². The van der Waals surface area contributed by atoms with Gasteiger partial charge in [0.1, 0.15) is 0 Å². The number of thiocarbonyl (C=S) groups is 1. The van der Waals surface area contributed by atoms with Crippen molar-refractivity contribution in [3.05, 3.63) is 0 Å². The molecule has 0 radical (unpaired) electrons. The van der Waals surface area contributed by atoms with Gasteiger partial charge in [-0.3, -0.25) is 0 Å². The Hall–Kier alpha value is 0.107. The van der Waals surface area contributed by atoms with Crippen LogP contribution in [0.5, 0.6) is 0 Å². The van der Waals surface area contributed by atoms with Crippen LogP contribution in [-0.4, -0.2) is 30.7 Å². The lowest BCUT2D eigenvalue weighted by molar-refractivity contribution is 0.474. The Kier molecular flexibility index (Phi) is 3.92. The van der Waals surface area contributed by atoms with Crippen molar-refractivity contribution in [2.24, 2.45) is 0 Å². The Labute approximate surface area is 88.5 Å². The fraction of sp³-hybridized carbons (Fsp3) is 0.900. The van der Waals surface area contributed by atoms with E-state index in [0.717, 1.165) is 6.42 Å². The van der Waals surface area contributed by atoms with E-state index in [2.05, 4.69) is 24.5 Å². The van der Waals surface area contributed by atoms with Crippen LogP contribution >= 0.6 is 12.2 Å². The quantitative estimate of drug-likeness (QED) is 0.514. The largest absolute Gasteiger partial charge is 0.369 e. The van der Waals surface area contributed by atoms with E-state index in [1.54, 1.807) is 0 Å². The monoisotopic (exact) mass is 215 g/mol. The lowest BCUT2D eigenvalue weighted by Crippen LogP contribution is -2.42. The van der Waals surface area contributed by atoms with E-state index in [9.17, 15) is 0 Å². The van der Waals surface area contributed by atoms with Crippen molar-refractivity contribution in [3.8, 4) is 0 Å². The molecule has 0 atom stereocenters. The van der Waals surface area contributed by atoms with Crippen LogP contribution in [0.4, 0.5) is 0 Å². The first-order valence-electron chi connectivity index (χ1n) is 5.27. The summed E-state index contributed by atoms with van der Waals surface area (Å²) in [5.41, 5.74) is 0. The maximum Gasteiger partial charge on any atom is 0.0776 e. The summed E-state index contributed by atoms with van der Waals surface area (Å²) >= 11 is 5.43. The van der Waals surface area contributed by atoms with Crippen molar-refractivity contribution in [2.75, 3.05) is 12.7 Å². The minimum absolute atomic E-state index is 0.970. The van der Waals surface area contributed by atoms with Crippen LogP contribution in [0, 0.1) is 0 Å².